The van der Waals surface area contributed by atoms with Crippen molar-refractivity contribution in [1.82, 2.24) is 0 Å². The first-order valence-corrected chi connectivity index (χ1v) is 5.59. The Kier molecular flexibility index (Phi) is 2.92. The first-order chi connectivity index (χ1) is 7.65. The minimum absolute atomic E-state index is 0.778. The van der Waals surface area contributed by atoms with E-state index in [0.29, 0.717) is 0 Å². The minimum atomic E-state index is 0.778. The second-order valence-corrected chi connectivity index (χ2v) is 4.35. The molecule has 0 saturated carbocycles. The molecule has 16 heavy (non-hydrogen) atoms. The molecule has 0 spiro atoms. The predicted molar refractivity (Wildman–Crippen MR) is 72.8 cm³/mol. The predicted octanol–water partition coefficient (Wildman–Crippen LogP) is 3.60. The Morgan fingerprint density at radius 2 is 1.88 bits per heavy atom. The fraction of sp³-hybridized carbons (Fsp3) is 0.231. The lowest BCUT2D eigenvalue weighted by molar-refractivity contribution is 1.14. The monoisotopic (exact) mass is 234 g/mol. The van der Waals surface area contributed by atoms with Crippen molar-refractivity contribution in [2.24, 2.45) is 0 Å². The van der Waals surface area contributed by atoms with E-state index in [4.69, 9.17) is 11.6 Å². The summed E-state index contributed by atoms with van der Waals surface area (Å²) in [7, 11) is 5.94. The van der Waals surface area contributed by atoms with Crippen LogP contribution in [0.15, 0.2) is 30.3 Å². The molecule has 0 aliphatic heterocycles. The van der Waals surface area contributed by atoms with Gasteiger partial charge in [0.25, 0.3) is 0 Å². The SMILES string of the molecule is CNc1cccc2ccc(Cl)c(N(C)C)c12. The van der Waals surface area contributed by atoms with Gasteiger partial charge in [0.05, 0.1) is 10.7 Å². The van der Waals surface area contributed by atoms with Gasteiger partial charge in [0, 0.05) is 32.2 Å². The van der Waals surface area contributed by atoms with E-state index in [2.05, 4.69) is 17.4 Å². The van der Waals surface area contributed by atoms with Crippen LogP contribution in [0.3, 0.4) is 0 Å². The van der Waals surface area contributed by atoms with Crippen LogP contribution in [-0.2, 0) is 0 Å². The number of anilines is 2. The number of halogens is 1. The summed E-state index contributed by atoms with van der Waals surface area (Å²) >= 11 is 6.26. The van der Waals surface area contributed by atoms with E-state index in [0.717, 1.165) is 16.4 Å². The van der Waals surface area contributed by atoms with E-state index in [1.807, 2.05) is 44.2 Å². The molecule has 0 radical (unpaired) electrons. The van der Waals surface area contributed by atoms with E-state index >= 15 is 0 Å². The van der Waals surface area contributed by atoms with Crippen LogP contribution < -0.4 is 10.2 Å². The zero-order chi connectivity index (χ0) is 11.7. The molecule has 2 aromatic rings. The molecule has 0 aliphatic carbocycles. The molecule has 0 bridgehead atoms. The lowest BCUT2D eigenvalue weighted by Gasteiger charge is -2.19. The summed E-state index contributed by atoms with van der Waals surface area (Å²) in [4.78, 5) is 2.05. The second-order valence-electron chi connectivity index (χ2n) is 3.94. The maximum Gasteiger partial charge on any atom is 0.0651 e. The summed E-state index contributed by atoms with van der Waals surface area (Å²) in [6.45, 7) is 0. The number of hydrogen-bond donors (Lipinski definition) is 1. The standard InChI is InChI=1S/C13H15ClN2/c1-15-11-6-4-5-9-7-8-10(14)13(12(9)11)16(2)3/h4-8,15H,1-3H3. The van der Waals surface area contributed by atoms with Gasteiger partial charge in [0.1, 0.15) is 0 Å². The summed E-state index contributed by atoms with van der Waals surface area (Å²) in [6.07, 6.45) is 0. The molecule has 2 aromatic carbocycles. The van der Waals surface area contributed by atoms with Gasteiger partial charge in [-0.2, -0.15) is 0 Å². The van der Waals surface area contributed by atoms with Crippen LogP contribution in [0.1, 0.15) is 0 Å². The molecule has 2 nitrogen and oxygen atoms in total. The van der Waals surface area contributed by atoms with Crippen molar-refractivity contribution in [3.8, 4) is 0 Å². The van der Waals surface area contributed by atoms with Crippen LogP contribution >= 0.6 is 11.6 Å². The quantitative estimate of drug-likeness (QED) is 0.854. The minimum Gasteiger partial charge on any atom is -0.388 e. The summed E-state index contributed by atoms with van der Waals surface area (Å²) in [5.41, 5.74) is 2.16. The van der Waals surface area contributed by atoms with Crippen molar-refractivity contribution >= 4 is 33.7 Å². The highest BCUT2D eigenvalue weighted by molar-refractivity contribution is 6.35. The fourth-order valence-corrected chi connectivity index (χ4v) is 2.31. The molecule has 84 valence electrons. The average molecular weight is 235 g/mol. The molecule has 0 saturated heterocycles. The van der Waals surface area contributed by atoms with E-state index in [-0.39, 0.29) is 0 Å². The number of nitrogens with zero attached hydrogens (tertiary/aromatic N) is 1. The van der Waals surface area contributed by atoms with Crippen LogP contribution in [0.4, 0.5) is 11.4 Å². The van der Waals surface area contributed by atoms with E-state index in [1.54, 1.807) is 0 Å². The van der Waals surface area contributed by atoms with Gasteiger partial charge in [-0.3, -0.25) is 0 Å². The summed E-state index contributed by atoms with van der Waals surface area (Å²) in [6, 6.07) is 10.2. The topological polar surface area (TPSA) is 15.3 Å². The van der Waals surface area contributed by atoms with Crippen LogP contribution in [0.25, 0.3) is 10.8 Å². The maximum absolute atomic E-state index is 6.26. The van der Waals surface area contributed by atoms with Gasteiger partial charge in [0.15, 0.2) is 0 Å². The number of rotatable bonds is 2. The third-order valence-electron chi connectivity index (χ3n) is 2.69. The smallest absolute Gasteiger partial charge is 0.0651 e. The Bertz CT molecular complexity index is 521. The molecular formula is C13H15ClN2. The van der Waals surface area contributed by atoms with Crippen LogP contribution in [0, 0.1) is 0 Å². The van der Waals surface area contributed by atoms with Gasteiger partial charge in [0.2, 0.25) is 0 Å². The first-order valence-electron chi connectivity index (χ1n) is 5.21. The van der Waals surface area contributed by atoms with Gasteiger partial charge in [-0.15, -0.1) is 0 Å². The Labute approximate surface area is 101 Å². The lowest BCUT2D eigenvalue weighted by Crippen LogP contribution is -2.10. The van der Waals surface area contributed by atoms with E-state index < -0.39 is 0 Å². The molecule has 0 atom stereocenters. The molecule has 1 N–H and O–H groups in total. The maximum atomic E-state index is 6.26. The molecule has 0 aromatic heterocycles. The molecule has 0 aliphatic rings. The highest BCUT2D eigenvalue weighted by Gasteiger charge is 2.10. The van der Waals surface area contributed by atoms with Crippen LogP contribution in [0.5, 0.6) is 0 Å². The largest absolute Gasteiger partial charge is 0.388 e. The number of fused-ring (bicyclic) bond motifs is 1. The first kappa shape index (κ1) is 11.1. The van der Waals surface area contributed by atoms with Crippen molar-refractivity contribution < 1.29 is 0 Å². The molecule has 0 unspecified atom stereocenters. The summed E-state index contributed by atoms with van der Waals surface area (Å²) < 4.78 is 0. The highest BCUT2D eigenvalue weighted by atomic mass is 35.5. The lowest BCUT2D eigenvalue weighted by atomic mass is 10.1. The Morgan fingerprint density at radius 3 is 2.50 bits per heavy atom. The molecule has 0 fully saturated rings. The number of hydrogen-bond acceptors (Lipinski definition) is 2. The van der Waals surface area contributed by atoms with Crippen molar-refractivity contribution in [2.45, 2.75) is 0 Å². The van der Waals surface area contributed by atoms with Crippen LogP contribution in [0.2, 0.25) is 5.02 Å². The molecule has 3 heteroatoms. The van der Waals surface area contributed by atoms with Gasteiger partial charge >= 0.3 is 0 Å². The average Bonchev–Trinajstić information content (AvgIpc) is 2.27. The molecule has 2 rings (SSSR count). The number of nitrogens with one attached hydrogen (secondary N) is 1. The van der Waals surface area contributed by atoms with Crippen molar-refractivity contribution in [3.63, 3.8) is 0 Å². The summed E-state index contributed by atoms with van der Waals surface area (Å²) in [5.74, 6) is 0. The second kappa shape index (κ2) is 4.22. The Morgan fingerprint density at radius 1 is 1.12 bits per heavy atom. The zero-order valence-electron chi connectivity index (χ0n) is 9.71. The molecular weight excluding hydrogens is 220 g/mol. The van der Waals surface area contributed by atoms with E-state index in [9.17, 15) is 0 Å². The zero-order valence-corrected chi connectivity index (χ0v) is 10.5. The normalized spacial score (nSPS) is 10.5. The Balaban J connectivity index is 2.88. The molecule has 0 heterocycles. The van der Waals surface area contributed by atoms with Gasteiger partial charge in [-0.1, -0.05) is 29.8 Å². The van der Waals surface area contributed by atoms with Gasteiger partial charge in [-0.25, -0.2) is 0 Å². The van der Waals surface area contributed by atoms with Crippen molar-refractivity contribution in [3.05, 3.63) is 35.4 Å². The summed E-state index contributed by atoms with van der Waals surface area (Å²) in [5, 5.41) is 6.35. The van der Waals surface area contributed by atoms with Gasteiger partial charge < -0.3 is 10.2 Å². The van der Waals surface area contributed by atoms with Gasteiger partial charge in [-0.05, 0) is 17.5 Å². The van der Waals surface area contributed by atoms with Crippen LogP contribution in [-0.4, -0.2) is 21.1 Å². The Hall–Kier alpha value is -1.41. The van der Waals surface area contributed by atoms with E-state index in [1.165, 1.54) is 10.8 Å². The third-order valence-corrected chi connectivity index (χ3v) is 2.99. The highest BCUT2D eigenvalue weighted by Crippen LogP contribution is 2.37. The van der Waals surface area contributed by atoms with Crippen molar-refractivity contribution in [1.29, 1.82) is 0 Å². The fourth-order valence-electron chi connectivity index (χ4n) is 1.98. The van der Waals surface area contributed by atoms with Crippen molar-refractivity contribution in [2.75, 3.05) is 31.4 Å². The third kappa shape index (κ3) is 1.69. The molecule has 0 amide bonds. The number of benzene rings is 2.